The first-order valence-electron chi connectivity index (χ1n) is 4.09. The summed E-state index contributed by atoms with van der Waals surface area (Å²) in [6.45, 7) is 0. The minimum atomic E-state index is -4.58. The summed E-state index contributed by atoms with van der Waals surface area (Å²) in [5.74, 6) is -1.80. The number of carboxylic acids is 1. The topological polar surface area (TPSA) is 63.3 Å². The Hall–Kier alpha value is -2.05. The van der Waals surface area contributed by atoms with Gasteiger partial charge >= 0.3 is 12.1 Å². The van der Waals surface area contributed by atoms with Gasteiger partial charge in [0, 0.05) is 11.5 Å². The van der Waals surface area contributed by atoms with Crippen LogP contribution in [0.4, 0.5) is 13.2 Å². The van der Waals surface area contributed by atoms with Gasteiger partial charge in [-0.2, -0.15) is 13.2 Å². The molecule has 0 atom stereocenters. The van der Waals surface area contributed by atoms with Crippen LogP contribution in [0.15, 0.2) is 22.6 Å². The number of hydrogen-bond acceptors (Lipinski definition) is 3. The van der Waals surface area contributed by atoms with E-state index in [2.05, 4.69) is 9.40 Å². The third-order valence-electron chi connectivity index (χ3n) is 1.88. The van der Waals surface area contributed by atoms with E-state index in [9.17, 15) is 18.0 Å². The Balaban J connectivity index is 2.58. The zero-order valence-corrected chi connectivity index (χ0v) is 7.58. The molecule has 4 nitrogen and oxygen atoms in total. The molecule has 0 radical (unpaired) electrons. The summed E-state index contributed by atoms with van der Waals surface area (Å²) in [7, 11) is 0. The number of rotatable bonds is 1. The van der Waals surface area contributed by atoms with Crippen LogP contribution in [0.2, 0.25) is 0 Å². The Morgan fingerprint density at radius 3 is 2.62 bits per heavy atom. The fraction of sp³-hybridized carbons (Fsp3) is 0.111. The minimum Gasteiger partial charge on any atom is -0.475 e. The normalized spacial score (nSPS) is 11.9. The third kappa shape index (κ3) is 1.71. The lowest BCUT2D eigenvalue weighted by atomic mass is 10.3. The molecule has 0 aliphatic rings. The average Bonchev–Trinajstić information content (AvgIpc) is 2.58. The van der Waals surface area contributed by atoms with Crippen LogP contribution in [-0.4, -0.2) is 16.1 Å². The third-order valence-corrected chi connectivity index (χ3v) is 1.88. The SMILES string of the molecule is O=C(O)c1cc2ccc(C(F)(F)F)nc2o1. The van der Waals surface area contributed by atoms with Crippen molar-refractivity contribution >= 4 is 17.1 Å². The second-order valence-corrected chi connectivity index (χ2v) is 3.00. The van der Waals surface area contributed by atoms with Crippen molar-refractivity contribution in [2.24, 2.45) is 0 Å². The van der Waals surface area contributed by atoms with Crippen LogP contribution in [0.3, 0.4) is 0 Å². The molecule has 84 valence electrons. The molecule has 7 heteroatoms. The molecule has 0 amide bonds. The Morgan fingerprint density at radius 2 is 2.06 bits per heavy atom. The summed E-state index contributed by atoms with van der Waals surface area (Å²) < 4.78 is 41.4. The second kappa shape index (κ2) is 3.22. The number of nitrogens with zero attached hydrogens (tertiary/aromatic N) is 1. The average molecular weight is 231 g/mol. The lowest BCUT2D eigenvalue weighted by molar-refractivity contribution is -0.141. The Labute approximate surface area is 86.3 Å². The number of carbonyl (C=O) groups is 1. The number of alkyl halides is 3. The van der Waals surface area contributed by atoms with E-state index in [1.165, 1.54) is 0 Å². The van der Waals surface area contributed by atoms with Crippen molar-refractivity contribution in [1.29, 1.82) is 0 Å². The van der Waals surface area contributed by atoms with Gasteiger partial charge in [0.25, 0.3) is 0 Å². The summed E-state index contributed by atoms with van der Waals surface area (Å²) in [6, 6.07) is 3.00. The van der Waals surface area contributed by atoms with E-state index in [1.807, 2.05) is 0 Å². The largest absolute Gasteiger partial charge is 0.475 e. The van der Waals surface area contributed by atoms with Gasteiger partial charge in [0.2, 0.25) is 11.5 Å². The van der Waals surface area contributed by atoms with Gasteiger partial charge in [0.1, 0.15) is 5.69 Å². The number of carboxylic acid groups (broad SMARTS) is 1. The first-order valence-corrected chi connectivity index (χ1v) is 4.09. The van der Waals surface area contributed by atoms with E-state index >= 15 is 0 Å². The molecule has 0 saturated heterocycles. The van der Waals surface area contributed by atoms with Crippen LogP contribution in [0.25, 0.3) is 11.1 Å². The molecule has 2 rings (SSSR count). The molecule has 2 aromatic heterocycles. The van der Waals surface area contributed by atoms with Crippen LogP contribution < -0.4 is 0 Å². The van der Waals surface area contributed by atoms with Crippen molar-refractivity contribution < 1.29 is 27.5 Å². The molecule has 2 heterocycles. The number of fused-ring (bicyclic) bond motifs is 1. The van der Waals surface area contributed by atoms with Gasteiger partial charge in [-0.1, -0.05) is 0 Å². The van der Waals surface area contributed by atoms with Crippen molar-refractivity contribution in [2.75, 3.05) is 0 Å². The highest BCUT2D eigenvalue weighted by Gasteiger charge is 2.33. The Morgan fingerprint density at radius 1 is 1.38 bits per heavy atom. The summed E-state index contributed by atoms with van der Waals surface area (Å²) in [4.78, 5) is 13.7. The second-order valence-electron chi connectivity index (χ2n) is 3.00. The zero-order valence-electron chi connectivity index (χ0n) is 7.58. The van der Waals surface area contributed by atoms with Crippen molar-refractivity contribution in [2.45, 2.75) is 6.18 Å². The highest BCUT2D eigenvalue weighted by molar-refractivity contribution is 5.90. The van der Waals surface area contributed by atoms with Crippen molar-refractivity contribution in [1.82, 2.24) is 4.98 Å². The van der Waals surface area contributed by atoms with Crippen LogP contribution in [0.5, 0.6) is 0 Å². The maximum absolute atomic E-state index is 12.3. The molecule has 0 saturated carbocycles. The van der Waals surface area contributed by atoms with Crippen LogP contribution >= 0.6 is 0 Å². The standard InChI is InChI=1S/C9H4F3NO3/c10-9(11,12)6-2-1-4-3-5(8(14)15)16-7(4)13-6/h1-3H,(H,14,15). The number of pyridine rings is 1. The van der Waals surface area contributed by atoms with Crippen LogP contribution in [0.1, 0.15) is 16.2 Å². The number of aromatic nitrogens is 1. The van der Waals surface area contributed by atoms with E-state index < -0.39 is 23.6 Å². The lowest BCUT2D eigenvalue weighted by Crippen LogP contribution is -2.07. The molecule has 1 N–H and O–H groups in total. The van der Waals surface area contributed by atoms with E-state index in [0.717, 1.165) is 18.2 Å². The highest BCUT2D eigenvalue weighted by atomic mass is 19.4. The maximum atomic E-state index is 12.3. The Kier molecular flexibility index (Phi) is 2.11. The van der Waals surface area contributed by atoms with Gasteiger partial charge < -0.3 is 9.52 Å². The number of aromatic carboxylic acids is 1. The van der Waals surface area contributed by atoms with Gasteiger partial charge in [0.05, 0.1) is 0 Å². The highest BCUT2D eigenvalue weighted by Crippen LogP contribution is 2.29. The van der Waals surface area contributed by atoms with Crippen LogP contribution in [0, 0.1) is 0 Å². The van der Waals surface area contributed by atoms with Gasteiger partial charge in [-0.3, -0.25) is 0 Å². The van der Waals surface area contributed by atoms with E-state index in [0.29, 0.717) is 0 Å². The number of halogens is 3. The predicted molar refractivity (Wildman–Crippen MR) is 46.0 cm³/mol. The summed E-state index contributed by atoms with van der Waals surface area (Å²) in [6.07, 6.45) is -4.58. The first kappa shape index (κ1) is 10.5. The summed E-state index contributed by atoms with van der Waals surface area (Å²) in [5.41, 5.74) is -1.46. The van der Waals surface area contributed by atoms with Gasteiger partial charge in [-0.15, -0.1) is 0 Å². The monoisotopic (exact) mass is 231 g/mol. The molecule has 0 aromatic carbocycles. The zero-order chi connectivity index (χ0) is 11.9. The Bertz CT molecular complexity index is 559. The maximum Gasteiger partial charge on any atom is 0.433 e. The molecular formula is C9H4F3NO3. The van der Waals surface area contributed by atoms with Crippen LogP contribution in [-0.2, 0) is 6.18 Å². The molecule has 0 unspecified atom stereocenters. The number of furan rings is 1. The molecule has 0 aliphatic carbocycles. The van der Waals surface area contributed by atoms with Crippen molar-refractivity contribution in [3.63, 3.8) is 0 Å². The van der Waals surface area contributed by atoms with Crippen molar-refractivity contribution in [3.8, 4) is 0 Å². The molecule has 16 heavy (non-hydrogen) atoms. The molecule has 0 aliphatic heterocycles. The lowest BCUT2D eigenvalue weighted by Gasteiger charge is -2.03. The van der Waals surface area contributed by atoms with E-state index in [1.54, 1.807) is 0 Å². The fourth-order valence-corrected chi connectivity index (χ4v) is 1.18. The molecule has 0 bridgehead atoms. The smallest absolute Gasteiger partial charge is 0.433 e. The molecular weight excluding hydrogens is 227 g/mol. The molecule has 0 spiro atoms. The predicted octanol–water partition coefficient (Wildman–Crippen LogP) is 2.54. The molecule has 0 fully saturated rings. The van der Waals surface area contributed by atoms with E-state index in [4.69, 9.17) is 5.11 Å². The summed E-state index contributed by atoms with van der Waals surface area (Å²) in [5, 5.41) is 8.78. The van der Waals surface area contributed by atoms with Gasteiger partial charge in [-0.25, -0.2) is 9.78 Å². The van der Waals surface area contributed by atoms with Crippen molar-refractivity contribution in [3.05, 3.63) is 29.7 Å². The van der Waals surface area contributed by atoms with E-state index in [-0.39, 0.29) is 11.1 Å². The minimum absolute atomic E-state index is 0.213. The quantitative estimate of drug-likeness (QED) is 0.819. The fourth-order valence-electron chi connectivity index (χ4n) is 1.18. The molecule has 2 aromatic rings. The first-order chi connectivity index (χ1) is 7.38. The number of hydrogen-bond donors (Lipinski definition) is 1. The van der Waals surface area contributed by atoms with Gasteiger partial charge in [0.15, 0.2) is 0 Å². The van der Waals surface area contributed by atoms with Gasteiger partial charge in [-0.05, 0) is 12.1 Å². The summed E-state index contributed by atoms with van der Waals surface area (Å²) >= 11 is 0.